The van der Waals surface area contributed by atoms with Crippen LogP contribution in [-0.2, 0) is 11.2 Å². The van der Waals surface area contributed by atoms with Gasteiger partial charge in [0.25, 0.3) is 0 Å². The summed E-state index contributed by atoms with van der Waals surface area (Å²) in [7, 11) is 0. The van der Waals surface area contributed by atoms with E-state index in [1.165, 1.54) is 0 Å². The maximum atomic E-state index is 11.6. The van der Waals surface area contributed by atoms with Gasteiger partial charge in [-0.25, -0.2) is 9.78 Å². The average molecular weight is 223 g/mol. The van der Waals surface area contributed by atoms with Gasteiger partial charge in [-0.05, 0) is 19.8 Å². The molecule has 1 heterocycles. The monoisotopic (exact) mass is 223 g/mol. The summed E-state index contributed by atoms with van der Waals surface area (Å²) >= 11 is 0. The van der Waals surface area contributed by atoms with E-state index in [-0.39, 0.29) is 5.69 Å². The Balaban J connectivity index is 2.35. The maximum absolute atomic E-state index is 11.6. The van der Waals surface area contributed by atoms with Crippen molar-refractivity contribution < 1.29 is 9.53 Å². The second kappa shape index (κ2) is 4.15. The molecule has 1 aromatic rings. The molecule has 0 amide bonds. The fourth-order valence-corrected chi connectivity index (χ4v) is 1.83. The van der Waals surface area contributed by atoms with Gasteiger partial charge in [0.2, 0.25) is 0 Å². The van der Waals surface area contributed by atoms with Gasteiger partial charge in [0, 0.05) is 12.5 Å². The molecule has 1 aliphatic carbocycles. The lowest BCUT2D eigenvalue weighted by Gasteiger charge is -2.06. The standard InChI is InChI=1S/C11H17N3O2/c1-3-8-13-9(11(15)16-4-2)10(12)14(8)7-5-6-7/h7H,3-6,12H2,1-2H3. The first-order chi connectivity index (χ1) is 7.69. The fraction of sp³-hybridized carbons (Fsp3) is 0.636. The minimum absolute atomic E-state index is 0.269. The Hall–Kier alpha value is -1.52. The van der Waals surface area contributed by atoms with E-state index in [9.17, 15) is 4.79 Å². The summed E-state index contributed by atoms with van der Waals surface area (Å²) in [6, 6.07) is 0.436. The lowest BCUT2D eigenvalue weighted by atomic mass is 10.4. The Morgan fingerprint density at radius 2 is 2.25 bits per heavy atom. The summed E-state index contributed by atoms with van der Waals surface area (Å²) in [5.74, 6) is 0.912. The van der Waals surface area contributed by atoms with Crippen LogP contribution in [0.1, 0.15) is 49.0 Å². The second-order valence-electron chi connectivity index (χ2n) is 3.94. The average Bonchev–Trinajstić information content (AvgIpc) is 3.03. The van der Waals surface area contributed by atoms with Crippen molar-refractivity contribution in [2.45, 2.75) is 39.2 Å². The zero-order valence-corrected chi connectivity index (χ0v) is 9.69. The van der Waals surface area contributed by atoms with Crippen molar-refractivity contribution in [3.8, 4) is 0 Å². The van der Waals surface area contributed by atoms with E-state index in [4.69, 9.17) is 10.5 Å². The number of hydrogen-bond donors (Lipinski definition) is 1. The van der Waals surface area contributed by atoms with Crippen LogP contribution in [0.15, 0.2) is 0 Å². The van der Waals surface area contributed by atoms with Gasteiger partial charge in [-0.3, -0.25) is 0 Å². The second-order valence-corrected chi connectivity index (χ2v) is 3.94. The van der Waals surface area contributed by atoms with Gasteiger partial charge in [-0.15, -0.1) is 0 Å². The molecule has 1 fully saturated rings. The number of hydrogen-bond acceptors (Lipinski definition) is 4. The predicted octanol–water partition coefficient (Wildman–Crippen LogP) is 1.54. The SMILES string of the molecule is CCOC(=O)c1nc(CC)n(C2CC2)c1N. The van der Waals surface area contributed by atoms with Gasteiger partial charge in [0.1, 0.15) is 11.6 Å². The molecule has 0 saturated heterocycles. The molecule has 1 aromatic heterocycles. The molecule has 1 aliphatic rings. The highest BCUT2D eigenvalue weighted by molar-refractivity contribution is 5.92. The number of nitrogens with two attached hydrogens (primary N) is 1. The molecule has 0 bridgehead atoms. The Labute approximate surface area is 94.6 Å². The number of imidazole rings is 1. The number of nitrogens with zero attached hydrogens (tertiary/aromatic N) is 2. The van der Waals surface area contributed by atoms with E-state index in [1.807, 2.05) is 11.5 Å². The molecule has 5 heteroatoms. The number of anilines is 1. The van der Waals surface area contributed by atoms with Crippen molar-refractivity contribution in [2.75, 3.05) is 12.3 Å². The number of aromatic nitrogens is 2. The number of carbonyl (C=O) groups is 1. The lowest BCUT2D eigenvalue weighted by molar-refractivity contribution is 0.0521. The quantitative estimate of drug-likeness (QED) is 0.786. The van der Waals surface area contributed by atoms with Gasteiger partial charge in [0.05, 0.1) is 6.61 Å². The van der Waals surface area contributed by atoms with E-state index in [2.05, 4.69) is 4.98 Å². The van der Waals surface area contributed by atoms with Crippen molar-refractivity contribution in [1.29, 1.82) is 0 Å². The van der Waals surface area contributed by atoms with Crippen molar-refractivity contribution >= 4 is 11.8 Å². The molecule has 1 saturated carbocycles. The minimum Gasteiger partial charge on any atom is -0.461 e. The van der Waals surface area contributed by atoms with Crippen LogP contribution in [0.4, 0.5) is 5.82 Å². The maximum Gasteiger partial charge on any atom is 0.360 e. The summed E-state index contributed by atoms with van der Waals surface area (Å²) in [4.78, 5) is 15.9. The third-order valence-electron chi connectivity index (χ3n) is 2.72. The molecule has 0 aliphatic heterocycles. The zero-order chi connectivity index (χ0) is 11.7. The van der Waals surface area contributed by atoms with Crippen LogP contribution < -0.4 is 5.73 Å². The van der Waals surface area contributed by atoms with Crippen molar-refractivity contribution in [3.05, 3.63) is 11.5 Å². The van der Waals surface area contributed by atoms with Crippen LogP contribution in [0.3, 0.4) is 0 Å². The van der Waals surface area contributed by atoms with Gasteiger partial charge < -0.3 is 15.0 Å². The Bertz CT molecular complexity index is 408. The zero-order valence-electron chi connectivity index (χ0n) is 9.69. The van der Waals surface area contributed by atoms with Crippen molar-refractivity contribution in [2.24, 2.45) is 0 Å². The molecule has 0 spiro atoms. The number of nitrogen functional groups attached to an aromatic ring is 1. The molecule has 0 atom stereocenters. The first kappa shape index (κ1) is 11.0. The van der Waals surface area contributed by atoms with Gasteiger partial charge in [0.15, 0.2) is 5.69 Å². The first-order valence-electron chi connectivity index (χ1n) is 5.72. The van der Waals surface area contributed by atoms with Gasteiger partial charge >= 0.3 is 5.97 Å². The third kappa shape index (κ3) is 1.77. The molecule has 16 heavy (non-hydrogen) atoms. The largest absolute Gasteiger partial charge is 0.461 e. The predicted molar refractivity (Wildman–Crippen MR) is 60.2 cm³/mol. The summed E-state index contributed by atoms with van der Waals surface area (Å²) < 4.78 is 6.91. The van der Waals surface area contributed by atoms with Crippen LogP contribution in [-0.4, -0.2) is 22.1 Å². The first-order valence-corrected chi connectivity index (χ1v) is 5.72. The summed E-state index contributed by atoms with van der Waals surface area (Å²) in [5, 5.41) is 0. The normalized spacial score (nSPS) is 15.1. The molecule has 5 nitrogen and oxygen atoms in total. The van der Waals surface area contributed by atoms with E-state index in [0.717, 1.165) is 25.1 Å². The Kier molecular flexibility index (Phi) is 2.85. The van der Waals surface area contributed by atoms with E-state index in [1.54, 1.807) is 6.92 Å². The molecular weight excluding hydrogens is 206 g/mol. The number of ether oxygens (including phenoxy) is 1. The number of esters is 1. The molecule has 88 valence electrons. The Morgan fingerprint density at radius 3 is 2.75 bits per heavy atom. The molecule has 2 N–H and O–H groups in total. The highest BCUT2D eigenvalue weighted by Gasteiger charge is 2.31. The fourth-order valence-electron chi connectivity index (χ4n) is 1.83. The van der Waals surface area contributed by atoms with Crippen LogP contribution >= 0.6 is 0 Å². The minimum atomic E-state index is -0.422. The number of rotatable bonds is 4. The van der Waals surface area contributed by atoms with E-state index >= 15 is 0 Å². The Morgan fingerprint density at radius 1 is 1.56 bits per heavy atom. The lowest BCUT2D eigenvalue weighted by Crippen LogP contribution is -2.09. The summed E-state index contributed by atoms with van der Waals surface area (Å²) in [6.45, 7) is 4.12. The van der Waals surface area contributed by atoms with E-state index in [0.29, 0.717) is 18.5 Å². The smallest absolute Gasteiger partial charge is 0.360 e. The molecule has 0 aromatic carbocycles. The highest BCUT2D eigenvalue weighted by atomic mass is 16.5. The van der Waals surface area contributed by atoms with Crippen LogP contribution in [0.2, 0.25) is 0 Å². The number of carbonyl (C=O) groups excluding carboxylic acids is 1. The molecule has 0 radical (unpaired) electrons. The molecule has 0 unspecified atom stereocenters. The van der Waals surface area contributed by atoms with Crippen molar-refractivity contribution in [3.63, 3.8) is 0 Å². The highest BCUT2D eigenvalue weighted by Crippen LogP contribution is 2.39. The van der Waals surface area contributed by atoms with Crippen LogP contribution in [0.25, 0.3) is 0 Å². The molecule has 2 rings (SSSR count). The topological polar surface area (TPSA) is 70.1 Å². The summed E-state index contributed by atoms with van der Waals surface area (Å²) in [6.07, 6.45) is 3.02. The van der Waals surface area contributed by atoms with Gasteiger partial charge in [-0.2, -0.15) is 0 Å². The number of aryl methyl sites for hydroxylation is 1. The third-order valence-corrected chi connectivity index (χ3v) is 2.72. The summed E-state index contributed by atoms with van der Waals surface area (Å²) in [5.41, 5.74) is 6.22. The van der Waals surface area contributed by atoms with Crippen LogP contribution in [0, 0.1) is 0 Å². The van der Waals surface area contributed by atoms with E-state index < -0.39 is 5.97 Å². The van der Waals surface area contributed by atoms with Crippen molar-refractivity contribution in [1.82, 2.24) is 9.55 Å². The molecular formula is C11H17N3O2. The van der Waals surface area contributed by atoms with Gasteiger partial charge in [-0.1, -0.05) is 6.92 Å². The van der Waals surface area contributed by atoms with Crippen LogP contribution in [0.5, 0.6) is 0 Å².